The van der Waals surface area contributed by atoms with Crippen LogP contribution in [-0.4, -0.2) is 6.54 Å². The highest BCUT2D eigenvalue weighted by Gasteiger charge is 2.18. The summed E-state index contributed by atoms with van der Waals surface area (Å²) in [6.07, 6.45) is 0. The van der Waals surface area contributed by atoms with E-state index in [0.29, 0.717) is 12.1 Å². The smallest absolute Gasteiger partial charge is 0.137 e. The van der Waals surface area contributed by atoms with Crippen LogP contribution in [0.2, 0.25) is 0 Å². The minimum Gasteiger partial charge on any atom is -0.306 e. The Labute approximate surface area is 123 Å². The Kier molecular flexibility index (Phi) is 4.83. The van der Waals surface area contributed by atoms with Gasteiger partial charge >= 0.3 is 0 Å². The van der Waals surface area contributed by atoms with Gasteiger partial charge in [-0.25, -0.2) is 13.2 Å². The van der Waals surface area contributed by atoms with Crippen LogP contribution in [0.3, 0.4) is 0 Å². The van der Waals surface area contributed by atoms with Gasteiger partial charge in [0.05, 0.1) is 10.5 Å². The SMILES string of the molecule is CCNC(c1ccc(F)c(Br)c1)c1cc(F)ccc1F. The van der Waals surface area contributed by atoms with Gasteiger partial charge in [0.25, 0.3) is 0 Å². The van der Waals surface area contributed by atoms with Crippen LogP contribution < -0.4 is 5.32 Å². The van der Waals surface area contributed by atoms with Gasteiger partial charge < -0.3 is 5.32 Å². The van der Waals surface area contributed by atoms with E-state index in [1.54, 1.807) is 12.1 Å². The molecule has 0 aliphatic heterocycles. The van der Waals surface area contributed by atoms with Crippen LogP contribution in [-0.2, 0) is 0 Å². The normalized spacial score (nSPS) is 12.4. The third-order valence-corrected chi connectivity index (χ3v) is 3.56. The maximum atomic E-state index is 13.9. The van der Waals surface area contributed by atoms with Crippen LogP contribution in [0.25, 0.3) is 0 Å². The lowest BCUT2D eigenvalue weighted by atomic mass is 9.98. The largest absolute Gasteiger partial charge is 0.306 e. The molecule has 1 N–H and O–H groups in total. The van der Waals surface area contributed by atoms with Crippen molar-refractivity contribution in [3.05, 3.63) is 69.4 Å². The molecule has 1 nitrogen and oxygen atoms in total. The molecular weight excluding hydrogens is 331 g/mol. The zero-order valence-electron chi connectivity index (χ0n) is 10.8. The predicted molar refractivity (Wildman–Crippen MR) is 76.0 cm³/mol. The van der Waals surface area contributed by atoms with Crippen molar-refractivity contribution in [2.24, 2.45) is 0 Å². The summed E-state index contributed by atoms with van der Waals surface area (Å²) in [5, 5.41) is 3.08. The van der Waals surface area contributed by atoms with Gasteiger partial charge in [-0.3, -0.25) is 0 Å². The van der Waals surface area contributed by atoms with Crippen LogP contribution in [0.4, 0.5) is 13.2 Å². The summed E-state index contributed by atoms with van der Waals surface area (Å²) in [5.74, 6) is -1.41. The van der Waals surface area contributed by atoms with E-state index in [-0.39, 0.29) is 10.0 Å². The van der Waals surface area contributed by atoms with Crippen molar-refractivity contribution in [3.63, 3.8) is 0 Å². The molecule has 2 aromatic rings. The molecule has 20 heavy (non-hydrogen) atoms. The number of hydrogen-bond acceptors (Lipinski definition) is 1. The second-order valence-corrected chi connectivity index (χ2v) is 5.18. The Morgan fingerprint density at radius 2 is 1.75 bits per heavy atom. The minimum absolute atomic E-state index is 0.199. The fourth-order valence-electron chi connectivity index (χ4n) is 2.04. The van der Waals surface area contributed by atoms with E-state index in [0.717, 1.165) is 18.2 Å². The van der Waals surface area contributed by atoms with Gasteiger partial charge in [0.1, 0.15) is 17.5 Å². The van der Waals surface area contributed by atoms with Crippen LogP contribution in [0.1, 0.15) is 24.1 Å². The highest BCUT2D eigenvalue weighted by molar-refractivity contribution is 9.10. The van der Waals surface area contributed by atoms with Crippen molar-refractivity contribution < 1.29 is 13.2 Å². The summed E-state index contributed by atoms with van der Waals surface area (Å²) in [6.45, 7) is 2.43. The topological polar surface area (TPSA) is 12.0 Å². The molecular formula is C15H13BrF3N. The first kappa shape index (κ1) is 15.1. The lowest BCUT2D eigenvalue weighted by Gasteiger charge is -2.20. The maximum Gasteiger partial charge on any atom is 0.137 e. The van der Waals surface area contributed by atoms with Crippen LogP contribution >= 0.6 is 15.9 Å². The molecule has 0 aromatic heterocycles. The summed E-state index contributed by atoms with van der Waals surface area (Å²) < 4.78 is 40.8. The van der Waals surface area contributed by atoms with Crippen LogP contribution in [0.15, 0.2) is 40.9 Å². The Morgan fingerprint density at radius 1 is 1.05 bits per heavy atom. The number of rotatable bonds is 4. The summed E-state index contributed by atoms with van der Waals surface area (Å²) in [7, 11) is 0. The summed E-state index contributed by atoms with van der Waals surface area (Å²) in [5.41, 5.74) is 0.856. The molecule has 0 bridgehead atoms. The Hall–Kier alpha value is -1.33. The zero-order valence-corrected chi connectivity index (χ0v) is 12.3. The van der Waals surface area contributed by atoms with E-state index in [2.05, 4.69) is 21.2 Å². The number of hydrogen-bond donors (Lipinski definition) is 1. The number of halogens is 4. The van der Waals surface area contributed by atoms with Gasteiger partial charge in [-0.15, -0.1) is 0 Å². The molecule has 0 saturated heterocycles. The molecule has 0 fully saturated rings. The van der Waals surface area contributed by atoms with Crippen molar-refractivity contribution >= 4 is 15.9 Å². The van der Waals surface area contributed by atoms with Crippen molar-refractivity contribution in [2.45, 2.75) is 13.0 Å². The second-order valence-electron chi connectivity index (χ2n) is 4.33. The van der Waals surface area contributed by atoms with E-state index in [4.69, 9.17) is 0 Å². The fourth-order valence-corrected chi connectivity index (χ4v) is 2.44. The van der Waals surface area contributed by atoms with E-state index < -0.39 is 23.5 Å². The average Bonchev–Trinajstić information content (AvgIpc) is 2.42. The molecule has 5 heteroatoms. The molecule has 106 valence electrons. The molecule has 0 aliphatic rings. The third kappa shape index (κ3) is 3.22. The third-order valence-electron chi connectivity index (χ3n) is 2.95. The van der Waals surface area contributed by atoms with Gasteiger partial charge in [-0.2, -0.15) is 0 Å². The first-order valence-electron chi connectivity index (χ1n) is 6.16. The van der Waals surface area contributed by atoms with Crippen molar-refractivity contribution in [1.82, 2.24) is 5.32 Å². The molecule has 0 aliphatic carbocycles. The van der Waals surface area contributed by atoms with Gasteiger partial charge in [0.2, 0.25) is 0 Å². The number of benzene rings is 2. The first-order valence-corrected chi connectivity index (χ1v) is 6.95. The first-order chi connectivity index (χ1) is 9.52. The summed E-state index contributed by atoms with van der Waals surface area (Å²) in [4.78, 5) is 0. The highest BCUT2D eigenvalue weighted by Crippen LogP contribution is 2.28. The maximum absolute atomic E-state index is 13.9. The molecule has 1 atom stereocenters. The Morgan fingerprint density at radius 3 is 2.40 bits per heavy atom. The average molecular weight is 344 g/mol. The van der Waals surface area contributed by atoms with Gasteiger partial charge in [0.15, 0.2) is 0 Å². The van der Waals surface area contributed by atoms with Crippen molar-refractivity contribution in [3.8, 4) is 0 Å². The molecule has 1 unspecified atom stereocenters. The van der Waals surface area contributed by atoms with Crippen molar-refractivity contribution in [2.75, 3.05) is 6.54 Å². The lowest BCUT2D eigenvalue weighted by molar-refractivity contribution is 0.543. The molecule has 0 heterocycles. The summed E-state index contributed by atoms with van der Waals surface area (Å²) in [6, 6.07) is 7.19. The standard InChI is InChI=1S/C15H13BrF3N/c1-2-20-15(9-3-5-14(19)12(16)7-9)11-8-10(17)4-6-13(11)18/h3-8,15,20H,2H2,1H3. The highest BCUT2D eigenvalue weighted by atomic mass is 79.9. The van der Waals surface area contributed by atoms with E-state index >= 15 is 0 Å². The second kappa shape index (κ2) is 6.41. The number of nitrogens with one attached hydrogen (secondary N) is 1. The monoisotopic (exact) mass is 343 g/mol. The zero-order chi connectivity index (χ0) is 14.7. The van der Waals surface area contributed by atoms with Crippen molar-refractivity contribution in [1.29, 1.82) is 0 Å². The van der Waals surface area contributed by atoms with E-state index in [9.17, 15) is 13.2 Å². The molecule has 0 radical (unpaired) electrons. The minimum atomic E-state index is -0.535. The predicted octanol–water partition coefficient (Wildman–Crippen LogP) is 4.57. The van der Waals surface area contributed by atoms with Gasteiger partial charge in [-0.1, -0.05) is 13.0 Å². The van der Waals surface area contributed by atoms with Crippen LogP contribution in [0.5, 0.6) is 0 Å². The molecule has 2 aromatic carbocycles. The Bertz CT molecular complexity index is 616. The van der Waals surface area contributed by atoms with Gasteiger partial charge in [0, 0.05) is 5.56 Å². The fraction of sp³-hybridized carbons (Fsp3) is 0.200. The van der Waals surface area contributed by atoms with Gasteiger partial charge in [-0.05, 0) is 58.4 Å². The summed E-state index contributed by atoms with van der Waals surface area (Å²) >= 11 is 3.10. The molecule has 2 rings (SSSR count). The molecule has 0 amide bonds. The molecule has 0 saturated carbocycles. The van der Waals surface area contributed by atoms with Crippen LogP contribution in [0, 0.1) is 17.5 Å². The Balaban J connectivity index is 2.49. The lowest BCUT2D eigenvalue weighted by Crippen LogP contribution is -2.23. The quantitative estimate of drug-likeness (QED) is 0.857. The molecule has 0 spiro atoms. The van der Waals surface area contributed by atoms with E-state index in [1.807, 2.05) is 6.92 Å². The van der Waals surface area contributed by atoms with E-state index in [1.165, 1.54) is 6.07 Å².